The zero-order valence-corrected chi connectivity index (χ0v) is 20.8. The van der Waals surface area contributed by atoms with Crippen molar-refractivity contribution < 1.29 is 23.7 Å². The number of benzene rings is 2. The number of methoxy groups -OCH3 is 1. The molecule has 5 nitrogen and oxygen atoms in total. The van der Waals surface area contributed by atoms with Crippen LogP contribution in [0.4, 0.5) is 0 Å². The third-order valence-electron chi connectivity index (χ3n) is 7.92. The molecule has 0 aromatic heterocycles. The fraction of sp³-hybridized carbons (Fsp3) is 0.500. The van der Waals surface area contributed by atoms with Gasteiger partial charge in [0.25, 0.3) is 0 Å². The summed E-state index contributed by atoms with van der Waals surface area (Å²) in [5, 5.41) is 0. The van der Waals surface area contributed by atoms with Crippen molar-refractivity contribution in [2.24, 2.45) is 17.8 Å². The topological polar surface area (TPSA) is 54.0 Å². The summed E-state index contributed by atoms with van der Waals surface area (Å²) in [6.45, 7) is 3.41. The van der Waals surface area contributed by atoms with Gasteiger partial charge in [-0.2, -0.15) is 0 Å². The highest BCUT2D eigenvalue weighted by Crippen LogP contribution is 2.62. The van der Waals surface area contributed by atoms with Crippen LogP contribution >= 0.6 is 0 Å². The molecule has 2 aromatic rings. The first-order valence-corrected chi connectivity index (χ1v) is 12.7. The first-order valence-electron chi connectivity index (χ1n) is 12.7. The Bertz CT molecular complexity index is 1110. The molecule has 35 heavy (non-hydrogen) atoms. The zero-order chi connectivity index (χ0) is 24.4. The minimum absolute atomic E-state index is 0.148. The number of carbonyl (C=O) groups excluding carboxylic acids is 1. The van der Waals surface area contributed by atoms with Gasteiger partial charge in [-0.15, -0.1) is 0 Å². The Labute approximate surface area is 208 Å². The number of hydrogen-bond donors (Lipinski definition) is 0. The lowest BCUT2D eigenvalue weighted by Gasteiger charge is -2.57. The number of rotatable bonds is 7. The normalized spacial score (nSPS) is 27.1. The lowest BCUT2D eigenvalue weighted by Crippen LogP contribution is -2.48. The van der Waals surface area contributed by atoms with E-state index in [9.17, 15) is 4.79 Å². The van der Waals surface area contributed by atoms with E-state index in [-0.39, 0.29) is 24.5 Å². The van der Waals surface area contributed by atoms with E-state index < -0.39 is 0 Å². The van der Waals surface area contributed by atoms with Crippen molar-refractivity contribution in [1.82, 2.24) is 0 Å². The molecule has 1 atom stereocenters. The molecule has 4 fully saturated rings. The van der Waals surface area contributed by atoms with Gasteiger partial charge < -0.3 is 18.9 Å². The highest BCUT2D eigenvalue weighted by molar-refractivity contribution is 5.70. The van der Waals surface area contributed by atoms with Crippen LogP contribution in [-0.4, -0.2) is 26.2 Å². The van der Waals surface area contributed by atoms with Gasteiger partial charge in [0.15, 0.2) is 13.1 Å². The zero-order valence-electron chi connectivity index (χ0n) is 20.8. The summed E-state index contributed by atoms with van der Waals surface area (Å²) in [6, 6.07) is 13.6. The average Bonchev–Trinajstić information content (AvgIpc) is 2.82. The highest BCUT2D eigenvalue weighted by atomic mass is 16.7. The van der Waals surface area contributed by atoms with Gasteiger partial charge in [-0.25, -0.2) is 0 Å². The minimum Gasteiger partial charge on any atom is -0.467 e. The summed E-state index contributed by atoms with van der Waals surface area (Å²) < 4.78 is 22.3. The number of ether oxygens (including phenoxy) is 4. The molecule has 1 unspecified atom stereocenters. The minimum atomic E-state index is -0.352. The molecular weight excluding hydrogens is 440 g/mol. The fourth-order valence-corrected chi connectivity index (χ4v) is 6.80. The lowest BCUT2D eigenvalue weighted by atomic mass is 9.48. The number of hydrogen-bond acceptors (Lipinski definition) is 5. The van der Waals surface area contributed by atoms with Crippen molar-refractivity contribution in [1.29, 1.82) is 0 Å². The van der Waals surface area contributed by atoms with Gasteiger partial charge in [0.05, 0.1) is 5.56 Å². The molecule has 0 aliphatic heterocycles. The van der Waals surface area contributed by atoms with Crippen LogP contribution in [0.25, 0.3) is 0 Å². The van der Waals surface area contributed by atoms with Gasteiger partial charge in [-0.05, 0) is 98.9 Å². The second-order valence-corrected chi connectivity index (χ2v) is 10.5. The summed E-state index contributed by atoms with van der Waals surface area (Å²) in [7, 11) is 1.62. The molecule has 0 amide bonds. The quantitative estimate of drug-likeness (QED) is 0.219. The number of para-hydroxylation sites is 1. The van der Waals surface area contributed by atoms with Crippen LogP contribution in [0.3, 0.4) is 0 Å². The third kappa shape index (κ3) is 5.24. The van der Waals surface area contributed by atoms with Gasteiger partial charge in [0.1, 0.15) is 11.5 Å². The van der Waals surface area contributed by atoms with E-state index in [4.69, 9.17) is 18.9 Å². The number of esters is 1. The van der Waals surface area contributed by atoms with E-state index in [0.29, 0.717) is 11.3 Å². The highest BCUT2D eigenvalue weighted by Gasteiger charge is 2.52. The molecule has 0 N–H and O–H groups in total. The molecule has 5 heteroatoms. The fourth-order valence-electron chi connectivity index (χ4n) is 6.80. The maximum atomic E-state index is 11.5. The molecule has 0 radical (unpaired) electrons. The SMILES string of the molecule is COC(C)OCOc1ccc(C#Cc2ccccc2OC(C)=O)cc1C12CC3CC(CC(C3)C1)C2. The van der Waals surface area contributed by atoms with Crippen LogP contribution in [0.5, 0.6) is 11.5 Å². The Kier molecular flexibility index (Phi) is 6.86. The first-order chi connectivity index (χ1) is 16.9. The molecule has 184 valence electrons. The molecular formula is C30H34O5. The Balaban J connectivity index is 1.47. The van der Waals surface area contributed by atoms with Crippen LogP contribution in [0.2, 0.25) is 0 Å². The van der Waals surface area contributed by atoms with Gasteiger partial charge >= 0.3 is 5.97 Å². The van der Waals surface area contributed by atoms with Gasteiger partial charge in [0.2, 0.25) is 0 Å². The first kappa shape index (κ1) is 23.9. The summed E-state index contributed by atoms with van der Waals surface area (Å²) in [5.41, 5.74) is 3.06. The largest absolute Gasteiger partial charge is 0.467 e. The van der Waals surface area contributed by atoms with Gasteiger partial charge in [-0.1, -0.05) is 24.0 Å². The van der Waals surface area contributed by atoms with Gasteiger partial charge in [-0.3, -0.25) is 4.79 Å². The average molecular weight is 475 g/mol. The van der Waals surface area contributed by atoms with Crippen LogP contribution in [0, 0.1) is 29.6 Å². The predicted molar refractivity (Wildman–Crippen MR) is 133 cm³/mol. The number of carbonyl (C=O) groups is 1. The molecule has 0 heterocycles. The van der Waals surface area contributed by atoms with Crippen LogP contribution in [-0.2, 0) is 19.7 Å². The molecule has 4 aliphatic carbocycles. The van der Waals surface area contributed by atoms with Gasteiger partial charge in [0, 0.05) is 25.2 Å². The monoisotopic (exact) mass is 474 g/mol. The maximum Gasteiger partial charge on any atom is 0.308 e. The Morgan fingerprint density at radius 1 is 1.00 bits per heavy atom. The molecule has 4 aliphatic rings. The summed E-state index contributed by atoms with van der Waals surface area (Å²) in [5.74, 6) is 10.0. The molecule has 2 aromatic carbocycles. The van der Waals surface area contributed by atoms with E-state index in [1.54, 1.807) is 13.2 Å². The van der Waals surface area contributed by atoms with Crippen molar-refractivity contribution >= 4 is 5.97 Å². The lowest BCUT2D eigenvalue weighted by molar-refractivity contribution is -0.150. The van der Waals surface area contributed by atoms with E-state index in [0.717, 1.165) is 29.1 Å². The smallest absolute Gasteiger partial charge is 0.308 e. The van der Waals surface area contributed by atoms with E-state index in [1.807, 2.05) is 37.3 Å². The van der Waals surface area contributed by atoms with Crippen molar-refractivity contribution in [3.05, 3.63) is 59.2 Å². The second kappa shape index (κ2) is 10.0. The maximum absolute atomic E-state index is 11.5. The van der Waals surface area contributed by atoms with Crippen LogP contribution < -0.4 is 9.47 Å². The van der Waals surface area contributed by atoms with Crippen LogP contribution in [0.15, 0.2) is 42.5 Å². The Hall–Kier alpha value is -2.81. The van der Waals surface area contributed by atoms with E-state index in [1.165, 1.54) is 51.0 Å². The predicted octanol–water partition coefficient (Wildman–Crippen LogP) is 5.82. The standard InChI is InChI=1S/C30H34O5/c1-20(31)35-28-7-5-4-6-26(28)10-8-22-9-11-29(34-19-33-21(2)32-3)27(15-22)30-16-23-12-24(17-30)14-25(13-23)18-30/h4-7,9,11,15,21,23-25H,12-14,16-19H2,1-3H3. The molecule has 0 saturated heterocycles. The van der Waals surface area contributed by atoms with Crippen molar-refractivity contribution in [2.45, 2.75) is 64.1 Å². The third-order valence-corrected chi connectivity index (χ3v) is 7.92. The van der Waals surface area contributed by atoms with E-state index in [2.05, 4.69) is 17.9 Å². The molecule has 0 spiro atoms. The molecule has 4 saturated carbocycles. The van der Waals surface area contributed by atoms with Crippen molar-refractivity contribution in [2.75, 3.05) is 13.9 Å². The summed E-state index contributed by atoms with van der Waals surface area (Å²) in [6.07, 6.45) is 7.54. The Morgan fingerprint density at radius 3 is 2.34 bits per heavy atom. The van der Waals surface area contributed by atoms with Crippen LogP contribution in [0.1, 0.15) is 69.1 Å². The Morgan fingerprint density at radius 2 is 1.69 bits per heavy atom. The van der Waals surface area contributed by atoms with Crippen molar-refractivity contribution in [3.8, 4) is 23.3 Å². The molecule has 6 rings (SSSR count). The summed E-state index contributed by atoms with van der Waals surface area (Å²) >= 11 is 0. The molecule has 4 bridgehead atoms. The van der Waals surface area contributed by atoms with Crippen molar-refractivity contribution in [3.63, 3.8) is 0 Å². The van der Waals surface area contributed by atoms with E-state index >= 15 is 0 Å². The summed E-state index contributed by atoms with van der Waals surface area (Å²) in [4.78, 5) is 11.5. The second-order valence-electron chi connectivity index (χ2n) is 10.5.